The predicted molar refractivity (Wildman–Crippen MR) is 61.9 cm³/mol. The summed E-state index contributed by atoms with van der Waals surface area (Å²) in [5.41, 5.74) is 0.968. The van der Waals surface area contributed by atoms with Gasteiger partial charge in [-0.15, -0.1) is 16.9 Å². The number of hydrogen-bond donors (Lipinski definition) is 2. The number of thioether (sulfide) groups is 1. The summed E-state index contributed by atoms with van der Waals surface area (Å²) in [5, 5.41) is 17.6. The molecule has 0 saturated carbocycles. The molecule has 0 aliphatic rings. The zero-order chi connectivity index (χ0) is 10.6. The van der Waals surface area contributed by atoms with Crippen LogP contribution in [0.1, 0.15) is 19.5 Å². The SMILES string of the molecule is CNc1snnc1CSC(C)C(C)O. The van der Waals surface area contributed by atoms with Crippen molar-refractivity contribution in [2.75, 3.05) is 12.4 Å². The second-order valence-electron chi connectivity index (χ2n) is 3.06. The van der Waals surface area contributed by atoms with Gasteiger partial charge >= 0.3 is 0 Å². The van der Waals surface area contributed by atoms with Crippen LogP contribution in [0.4, 0.5) is 5.00 Å². The van der Waals surface area contributed by atoms with E-state index in [4.69, 9.17) is 0 Å². The minimum absolute atomic E-state index is 0.224. The van der Waals surface area contributed by atoms with Crippen molar-refractivity contribution < 1.29 is 5.11 Å². The first-order valence-electron chi connectivity index (χ1n) is 4.43. The van der Waals surface area contributed by atoms with E-state index >= 15 is 0 Å². The highest BCUT2D eigenvalue weighted by Gasteiger charge is 2.12. The van der Waals surface area contributed by atoms with Crippen molar-refractivity contribution in [1.29, 1.82) is 0 Å². The van der Waals surface area contributed by atoms with E-state index in [-0.39, 0.29) is 11.4 Å². The van der Waals surface area contributed by atoms with E-state index in [1.807, 2.05) is 14.0 Å². The molecule has 2 N–H and O–H groups in total. The zero-order valence-corrected chi connectivity index (χ0v) is 10.2. The van der Waals surface area contributed by atoms with E-state index in [0.717, 1.165) is 16.4 Å². The Bertz CT molecular complexity index is 277. The smallest absolute Gasteiger partial charge is 0.133 e. The van der Waals surface area contributed by atoms with Gasteiger partial charge < -0.3 is 10.4 Å². The Hall–Kier alpha value is -0.330. The van der Waals surface area contributed by atoms with Crippen molar-refractivity contribution in [2.45, 2.75) is 31.0 Å². The first kappa shape index (κ1) is 11.7. The van der Waals surface area contributed by atoms with Gasteiger partial charge in [-0.3, -0.25) is 0 Å². The maximum Gasteiger partial charge on any atom is 0.133 e. The monoisotopic (exact) mass is 233 g/mol. The van der Waals surface area contributed by atoms with Gasteiger partial charge in [-0.2, -0.15) is 0 Å². The lowest BCUT2D eigenvalue weighted by Crippen LogP contribution is -2.15. The lowest BCUT2D eigenvalue weighted by Gasteiger charge is -2.12. The molecule has 1 heterocycles. The summed E-state index contributed by atoms with van der Waals surface area (Å²) >= 11 is 3.05. The van der Waals surface area contributed by atoms with E-state index in [0.29, 0.717) is 0 Å². The largest absolute Gasteiger partial charge is 0.392 e. The van der Waals surface area contributed by atoms with Crippen LogP contribution in [0.15, 0.2) is 0 Å². The number of hydrogen-bond acceptors (Lipinski definition) is 6. The first-order chi connectivity index (χ1) is 6.65. The van der Waals surface area contributed by atoms with Gasteiger partial charge in [-0.1, -0.05) is 11.4 Å². The molecule has 0 aliphatic heterocycles. The van der Waals surface area contributed by atoms with E-state index in [1.165, 1.54) is 11.5 Å². The Morgan fingerprint density at radius 1 is 1.57 bits per heavy atom. The molecule has 0 aromatic carbocycles. The number of aliphatic hydroxyl groups excluding tert-OH is 1. The van der Waals surface area contributed by atoms with Crippen LogP contribution in [0.25, 0.3) is 0 Å². The maximum atomic E-state index is 9.31. The van der Waals surface area contributed by atoms with Crippen LogP contribution in [0.5, 0.6) is 0 Å². The molecular weight excluding hydrogens is 218 g/mol. The standard InChI is InChI=1S/C8H15N3OS2/c1-5(12)6(2)13-4-7-8(9-3)14-11-10-7/h5-6,9,12H,4H2,1-3H3. The van der Waals surface area contributed by atoms with Gasteiger partial charge in [-0.25, -0.2) is 0 Å². The Kier molecular flexibility index (Phi) is 4.64. The van der Waals surface area contributed by atoms with Crippen LogP contribution in [-0.4, -0.2) is 33.1 Å². The molecule has 14 heavy (non-hydrogen) atoms. The minimum atomic E-state index is -0.287. The summed E-state index contributed by atoms with van der Waals surface area (Å²) in [5.74, 6) is 0.790. The fraction of sp³-hybridized carbons (Fsp3) is 0.750. The maximum absolute atomic E-state index is 9.31. The molecule has 4 nitrogen and oxygen atoms in total. The van der Waals surface area contributed by atoms with Crippen LogP contribution < -0.4 is 5.32 Å². The van der Waals surface area contributed by atoms with E-state index < -0.39 is 0 Å². The van der Waals surface area contributed by atoms with E-state index in [9.17, 15) is 5.11 Å². The highest BCUT2D eigenvalue weighted by molar-refractivity contribution is 7.99. The van der Waals surface area contributed by atoms with Crippen LogP contribution in [0.2, 0.25) is 0 Å². The summed E-state index contributed by atoms with van der Waals surface area (Å²) < 4.78 is 3.87. The number of rotatable bonds is 5. The molecule has 1 aromatic heterocycles. The molecule has 0 fully saturated rings. The minimum Gasteiger partial charge on any atom is -0.392 e. The van der Waals surface area contributed by atoms with Gasteiger partial charge in [0.1, 0.15) is 10.7 Å². The summed E-state index contributed by atoms with van der Waals surface area (Å²) in [4.78, 5) is 0. The topological polar surface area (TPSA) is 58.0 Å². The van der Waals surface area contributed by atoms with Crippen LogP contribution in [0, 0.1) is 0 Å². The summed E-state index contributed by atoms with van der Waals surface area (Å²) in [6.45, 7) is 3.81. The van der Waals surface area contributed by atoms with E-state index in [1.54, 1.807) is 18.7 Å². The van der Waals surface area contributed by atoms with Crippen molar-refractivity contribution in [2.24, 2.45) is 0 Å². The second-order valence-corrected chi connectivity index (χ2v) is 5.18. The molecule has 1 rings (SSSR count). The molecule has 0 bridgehead atoms. The first-order valence-corrected chi connectivity index (χ1v) is 6.26. The fourth-order valence-electron chi connectivity index (χ4n) is 0.843. The molecule has 1 aromatic rings. The van der Waals surface area contributed by atoms with Gasteiger partial charge in [-0.05, 0) is 6.92 Å². The van der Waals surface area contributed by atoms with Crippen LogP contribution in [0.3, 0.4) is 0 Å². The Morgan fingerprint density at radius 3 is 2.86 bits per heavy atom. The van der Waals surface area contributed by atoms with Gasteiger partial charge in [0.05, 0.1) is 6.10 Å². The number of aliphatic hydroxyl groups is 1. The molecule has 80 valence electrons. The van der Waals surface area contributed by atoms with Crippen molar-refractivity contribution in [3.05, 3.63) is 5.69 Å². The second kappa shape index (κ2) is 5.53. The molecule has 0 amide bonds. The lowest BCUT2D eigenvalue weighted by atomic mass is 10.3. The number of aromatic nitrogens is 2. The van der Waals surface area contributed by atoms with Crippen LogP contribution in [-0.2, 0) is 5.75 Å². The summed E-state index contributed by atoms with van der Waals surface area (Å²) in [6, 6.07) is 0. The third-order valence-corrected chi connectivity index (χ3v) is 4.09. The highest BCUT2D eigenvalue weighted by atomic mass is 32.2. The average Bonchev–Trinajstić information content (AvgIpc) is 2.60. The number of anilines is 1. The third-order valence-electron chi connectivity index (χ3n) is 1.95. The molecule has 0 aliphatic carbocycles. The Labute approximate surface area is 92.3 Å². The van der Waals surface area contributed by atoms with Crippen molar-refractivity contribution in [3.8, 4) is 0 Å². The van der Waals surface area contributed by atoms with Crippen molar-refractivity contribution in [3.63, 3.8) is 0 Å². The Morgan fingerprint density at radius 2 is 2.29 bits per heavy atom. The normalized spacial score (nSPS) is 15.1. The van der Waals surface area contributed by atoms with Gasteiger partial charge in [0.2, 0.25) is 0 Å². The van der Waals surface area contributed by atoms with E-state index in [2.05, 4.69) is 14.9 Å². The highest BCUT2D eigenvalue weighted by Crippen LogP contribution is 2.25. The molecule has 2 unspecified atom stereocenters. The van der Waals surface area contributed by atoms with Gasteiger partial charge in [0, 0.05) is 29.6 Å². The lowest BCUT2D eigenvalue weighted by molar-refractivity contribution is 0.196. The average molecular weight is 233 g/mol. The molecule has 0 radical (unpaired) electrons. The fourth-order valence-corrected chi connectivity index (χ4v) is 2.37. The molecule has 0 spiro atoms. The van der Waals surface area contributed by atoms with Crippen LogP contribution >= 0.6 is 23.3 Å². The molecule has 0 saturated heterocycles. The molecule has 6 heteroatoms. The predicted octanol–water partition coefficient (Wildman–Crippen LogP) is 1.58. The van der Waals surface area contributed by atoms with Crippen molar-refractivity contribution >= 4 is 28.3 Å². The quantitative estimate of drug-likeness (QED) is 0.808. The Balaban J connectivity index is 2.45. The summed E-state index contributed by atoms with van der Waals surface area (Å²) in [6.07, 6.45) is -0.287. The molecule has 2 atom stereocenters. The van der Waals surface area contributed by atoms with Gasteiger partial charge in [0.15, 0.2) is 0 Å². The third kappa shape index (κ3) is 3.11. The summed E-state index contributed by atoms with van der Waals surface area (Å²) in [7, 11) is 1.86. The van der Waals surface area contributed by atoms with Crippen molar-refractivity contribution in [1.82, 2.24) is 9.59 Å². The van der Waals surface area contributed by atoms with Gasteiger partial charge in [0.25, 0.3) is 0 Å². The molecular formula is C8H15N3OS2. The number of nitrogens with zero attached hydrogens (tertiary/aromatic N) is 2. The number of nitrogens with one attached hydrogen (secondary N) is 1. The zero-order valence-electron chi connectivity index (χ0n) is 8.52.